The minimum absolute atomic E-state index is 0.364. The Labute approximate surface area is 62.3 Å². The van der Waals surface area contributed by atoms with E-state index in [1.54, 1.807) is 0 Å². The van der Waals surface area contributed by atoms with Crippen LogP contribution in [0.15, 0.2) is 5.16 Å². The molecule has 0 bridgehead atoms. The maximum Gasteiger partial charge on any atom is 0.258 e. The number of ether oxygens (including phenoxy) is 1. The Morgan fingerprint density at radius 3 is 2.36 bits per heavy atom. The fraction of sp³-hybridized carbons (Fsp3) is 0.800. The molecule has 11 heavy (non-hydrogen) atoms. The summed E-state index contributed by atoms with van der Waals surface area (Å²) in [4.78, 5) is 0. The lowest BCUT2D eigenvalue weighted by atomic mass is 10.1. The van der Waals surface area contributed by atoms with Crippen molar-refractivity contribution in [2.75, 3.05) is 6.61 Å². The summed E-state index contributed by atoms with van der Waals surface area (Å²) in [6.07, 6.45) is -3.49. The fourth-order valence-electron chi connectivity index (χ4n) is 0.872. The summed E-state index contributed by atoms with van der Waals surface area (Å²) in [5, 5.41) is 37.3. The lowest BCUT2D eigenvalue weighted by Crippen LogP contribution is -2.32. The number of oxime groups is 1. The molecular formula is C5H9NO5. The van der Waals surface area contributed by atoms with E-state index in [-0.39, 0.29) is 5.90 Å². The third kappa shape index (κ3) is 1.28. The number of aliphatic hydroxyl groups is 3. The van der Waals surface area contributed by atoms with Crippen LogP contribution in [0.25, 0.3) is 0 Å². The average molecular weight is 163 g/mol. The van der Waals surface area contributed by atoms with Crippen molar-refractivity contribution in [2.45, 2.75) is 18.3 Å². The first-order chi connectivity index (χ1) is 5.20. The van der Waals surface area contributed by atoms with Crippen LogP contribution < -0.4 is 0 Å². The van der Waals surface area contributed by atoms with E-state index < -0.39 is 24.9 Å². The highest BCUT2D eigenvalue weighted by Crippen LogP contribution is 2.15. The molecule has 1 aliphatic heterocycles. The van der Waals surface area contributed by atoms with Gasteiger partial charge in [-0.25, -0.2) is 0 Å². The van der Waals surface area contributed by atoms with Crippen molar-refractivity contribution in [1.82, 2.24) is 0 Å². The van der Waals surface area contributed by atoms with Crippen molar-refractivity contribution in [1.29, 1.82) is 0 Å². The van der Waals surface area contributed by atoms with Crippen LogP contribution in [0.5, 0.6) is 0 Å². The summed E-state index contributed by atoms with van der Waals surface area (Å²) in [5.41, 5.74) is 0. The number of hydrogen-bond donors (Lipinski definition) is 4. The summed E-state index contributed by atoms with van der Waals surface area (Å²) in [6.45, 7) is -0.433. The third-order valence-corrected chi connectivity index (χ3v) is 1.51. The topological polar surface area (TPSA) is 103 Å². The average Bonchev–Trinajstić information content (AvgIpc) is 2.30. The summed E-state index contributed by atoms with van der Waals surface area (Å²) in [7, 11) is 0. The Morgan fingerprint density at radius 2 is 2.09 bits per heavy atom. The van der Waals surface area contributed by atoms with Gasteiger partial charge in [0.25, 0.3) is 5.90 Å². The van der Waals surface area contributed by atoms with E-state index in [1.807, 2.05) is 0 Å². The van der Waals surface area contributed by atoms with E-state index in [9.17, 15) is 0 Å². The van der Waals surface area contributed by atoms with Gasteiger partial charge in [-0.1, -0.05) is 5.16 Å². The zero-order valence-electron chi connectivity index (χ0n) is 5.58. The standard InChI is InChI=1S/C5H9NO5/c7-1-2-3(8)4(9)5(6-10)11-2/h2-4,7-10H,1H2/b6-5-/t2-,3-,4+/m0/s1. The normalized spacial score (nSPS) is 41.0. The summed E-state index contributed by atoms with van der Waals surface area (Å²) in [6, 6.07) is 0. The van der Waals surface area contributed by atoms with E-state index >= 15 is 0 Å². The van der Waals surface area contributed by atoms with Crippen LogP contribution >= 0.6 is 0 Å². The Hall–Kier alpha value is -0.850. The molecule has 4 N–H and O–H groups in total. The van der Waals surface area contributed by atoms with E-state index in [4.69, 9.17) is 20.5 Å². The van der Waals surface area contributed by atoms with Crippen molar-refractivity contribution in [3.05, 3.63) is 0 Å². The van der Waals surface area contributed by atoms with Crippen molar-refractivity contribution in [3.8, 4) is 0 Å². The number of nitrogens with zero attached hydrogens (tertiary/aromatic N) is 1. The maximum absolute atomic E-state index is 9.03. The lowest BCUT2D eigenvalue weighted by molar-refractivity contribution is -0.00141. The van der Waals surface area contributed by atoms with Crippen LogP contribution in [0.2, 0.25) is 0 Å². The van der Waals surface area contributed by atoms with E-state index in [0.717, 1.165) is 0 Å². The second kappa shape index (κ2) is 3.04. The molecule has 0 aromatic carbocycles. The third-order valence-electron chi connectivity index (χ3n) is 1.51. The molecule has 0 unspecified atom stereocenters. The Morgan fingerprint density at radius 1 is 1.45 bits per heavy atom. The largest absolute Gasteiger partial charge is 0.468 e. The summed E-state index contributed by atoms with van der Waals surface area (Å²) in [5.74, 6) is -0.364. The lowest BCUT2D eigenvalue weighted by Gasteiger charge is -2.08. The molecule has 0 spiro atoms. The first-order valence-electron chi connectivity index (χ1n) is 3.06. The molecule has 0 aromatic rings. The molecule has 6 nitrogen and oxygen atoms in total. The van der Waals surface area contributed by atoms with Crippen LogP contribution in [0.4, 0.5) is 0 Å². The van der Waals surface area contributed by atoms with E-state index in [0.29, 0.717) is 0 Å². The molecule has 1 rings (SSSR count). The Balaban J connectivity index is 2.68. The van der Waals surface area contributed by atoms with Gasteiger partial charge in [-0.3, -0.25) is 0 Å². The second-order valence-corrected chi connectivity index (χ2v) is 2.21. The summed E-state index contributed by atoms with van der Waals surface area (Å²) < 4.78 is 4.63. The first-order valence-corrected chi connectivity index (χ1v) is 3.06. The van der Waals surface area contributed by atoms with Crippen LogP contribution in [-0.4, -0.2) is 51.3 Å². The Kier molecular flexibility index (Phi) is 2.28. The highest BCUT2D eigenvalue weighted by molar-refractivity contribution is 5.83. The van der Waals surface area contributed by atoms with Crippen molar-refractivity contribution in [2.24, 2.45) is 5.16 Å². The molecule has 0 radical (unpaired) electrons. The molecule has 0 aliphatic carbocycles. The molecule has 0 amide bonds. The maximum atomic E-state index is 9.03. The number of hydrogen-bond acceptors (Lipinski definition) is 6. The minimum Gasteiger partial charge on any atom is -0.468 e. The molecule has 0 aromatic heterocycles. The Bertz CT molecular complexity index is 170. The van der Waals surface area contributed by atoms with Gasteiger partial charge in [0.2, 0.25) is 0 Å². The smallest absolute Gasteiger partial charge is 0.258 e. The van der Waals surface area contributed by atoms with Gasteiger partial charge in [-0.15, -0.1) is 0 Å². The molecule has 6 heteroatoms. The van der Waals surface area contributed by atoms with Crippen molar-refractivity contribution < 1.29 is 25.3 Å². The van der Waals surface area contributed by atoms with Gasteiger partial charge >= 0.3 is 0 Å². The van der Waals surface area contributed by atoms with E-state index in [2.05, 4.69) is 9.89 Å². The van der Waals surface area contributed by atoms with Gasteiger partial charge in [0, 0.05) is 0 Å². The zero-order chi connectivity index (χ0) is 8.43. The predicted octanol–water partition coefficient (Wildman–Crippen LogP) is -2.11. The quantitative estimate of drug-likeness (QED) is 0.261. The summed E-state index contributed by atoms with van der Waals surface area (Å²) >= 11 is 0. The zero-order valence-corrected chi connectivity index (χ0v) is 5.58. The molecule has 1 fully saturated rings. The van der Waals surface area contributed by atoms with Gasteiger partial charge in [-0.05, 0) is 0 Å². The van der Waals surface area contributed by atoms with Gasteiger partial charge in [0.15, 0.2) is 12.2 Å². The molecule has 0 saturated carbocycles. The first kappa shape index (κ1) is 8.25. The highest BCUT2D eigenvalue weighted by Gasteiger charge is 2.40. The van der Waals surface area contributed by atoms with E-state index in [1.165, 1.54) is 0 Å². The van der Waals surface area contributed by atoms with Crippen molar-refractivity contribution in [3.63, 3.8) is 0 Å². The van der Waals surface area contributed by atoms with Gasteiger partial charge < -0.3 is 25.3 Å². The van der Waals surface area contributed by atoms with Crippen LogP contribution in [0, 0.1) is 0 Å². The molecule has 64 valence electrons. The molecule has 1 aliphatic rings. The highest BCUT2D eigenvalue weighted by atomic mass is 16.6. The number of rotatable bonds is 1. The van der Waals surface area contributed by atoms with Crippen LogP contribution in [-0.2, 0) is 4.74 Å². The fourth-order valence-corrected chi connectivity index (χ4v) is 0.872. The monoisotopic (exact) mass is 163 g/mol. The molecular weight excluding hydrogens is 154 g/mol. The minimum atomic E-state index is -1.35. The SMILES string of the molecule is OC[C@@H]1O/C(=N\O)[C@H](O)[C@H]1O. The predicted molar refractivity (Wildman–Crippen MR) is 33.2 cm³/mol. The van der Waals surface area contributed by atoms with Gasteiger partial charge in [-0.2, -0.15) is 0 Å². The van der Waals surface area contributed by atoms with Crippen molar-refractivity contribution >= 4 is 5.90 Å². The second-order valence-electron chi connectivity index (χ2n) is 2.21. The van der Waals surface area contributed by atoms with Crippen LogP contribution in [0.1, 0.15) is 0 Å². The molecule has 1 saturated heterocycles. The molecule has 1 heterocycles. The van der Waals surface area contributed by atoms with Gasteiger partial charge in [0.1, 0.15) is 6.10 Å². The molecule has 3 atom stereocenters. The van der Waals surface area contributed by atoms with Gasteiger partial charge in [0.05, 0.1) is 6.61 Å². The van der Waals surface area contributed by atoms with Crippen LogP contribution in [0.3, 0.4) is 0 Å². The number of aliphatic hydroxyl groups excluding tert-OH is 3.